The highest BCUT2D eigenvalue weighted by atomic mass is 79.9. The highest BCUT2D eigenvalue weighted by Gasteiger charge is 1.95. The number of benzene rings is 1. The standard InChI is InChI=1S/C8H9Br.C6H12O2.2C2H6.CH4/c1-7-2-4-8(6-9)5-3-7;1-3-4-5-6(7)8-2;2*1-2;/h2-5H,6H2,1H3;3-5H2,1-2H3;2*1-2H3;1H4. The van der Waals surface area contributed by atoms with Gasteiger partial charge < -0.3 is 4.74 Å². The third kappa shape index (κ3) is 21.5. The third-order valence-corrected chi connectivity index (χ3v) is 2.88. The zero-order valence-corrected chi connectivity index (χ0v) is 16.4. The second-order valence-electron chi connectivity index (χ2n) is 3.80. The summed E-state index contributed by atoms with van der Waals surface area (Å²) in [5.74, 6) is -0.105. The van der Waals surface area contributed by atoms with Crippen LogP contribution in [0, 0.1) is 6.92 Å². The van der Waals surface area contributed by atoms with E-state index in [1.54, 1.807) is 0 Å². The lowest BCUT2D eigenvalue weighted by molar-refractivity contribution is -0.140. The van der Waals surface area contributed by atoms with Gasteiger partial charge in [0.15, 0.2) is 0 Å². The van der Waals surface area contributed by atoms with Crippen LogP contribution >= 0.6 is 15.9 Å². The lowest BCUT2D eigenvalue weighted by Crippen LogP contribution is -1.98. The van der Waals surface area contributed by atoms with Gasteiger partial charge in [0.25, 0.3) is 0 Å². The Hall–Kier alpha value is -0.830. The molecule has 0 heterocycles. The average Bonchev–Trinajstić information content (AvgIpc) is 2.57. The summed E-state index contributed by atoms with van der Waals surface area (Å²) >= 11 is 3.38. The van der Waals surface area contributed by atoms with Crippen LogP contribution in [0.3, 0.4) is 0 Å². The van der Waals surface area contributed by atoms with Gasteiger partial charge in [-0.15, -0.1) is 0 Å². The SMILES string of the molecule is C.CC.CC.CCCCC(=O)OC.Cc1ccc(CBr)cc1. The molecule has 1 rings (SSSR count). The highest BCUT2D eigenvalue weighted by molar-refractivity contribution is 9.08. The molecule has 0 atom stereocenters. The molecular formula is C19H37BrO2. The third-order valence-electron chi connectivity index (χ3n) is 2.24. The van der Waals surface area contributed by atoms with E-state index >= 15 is 0 Å². The van der Waals surface area contributed by atoms with Crippen LogP contribution in [0.2, 0.25) is 0 Å². The molecule has 1 aromatic carbocycles. The number of alkyl halides is 1. The summed E-state index contributed by atoms with van der Waals surface area (Å²) in [5, 5.41) is 0.952. The fourth-order valence-electron chi connectivity index (χ4n) is 1.10. The number of aryl methyl sites for hydroxylation is 1. The van der Waals surface area contributed by atoms with E-state index in [9.17, 15) is 4.79 Å². The minimum absolute atomic E-state index is 0. The van der Waals surface area contributed by atoms with Crippen molar-refractivity contribution in [1.82, 2.24) is 0 Å². The summed E-state index contributed by atoms with van der Waals surface area (Å²) in [6.45, 7) is 12.1. The van der Waals surface area contributed by atoms with E-state index in [1.807, 2.05) is 34.6 Å². The van der Waals surface area contributed by atoms with Crippen LogP contribution < -0.4 is 0 Å². The fraction of sp³-hybridized carbons (Fsp3) is 0.632. The molecule has 0 aliphatic rings. The minimum atomic E-state index is -0.105. The summed E-state index contributed by atoms with van der Waals surface area (Å²) in [4.78, 5) is 10.3. The Morgan fingerprint density at radius 2 is 1.55 bits per heavy atom. The molecule has 0 spiro atoms. The molecule has 132 valence electrons. The van der Waals surface area contributed by atoms with Gasteiger partial charge >= 0.3 is 5.97 Å². The van der Waals surface area contributed by atoms with Gasteiger partial charge in [0.1, 0.15) is 0 Å². The fourth-order valence-corrected chi connectivity index (χ4v) is 1.47. The quantitative estimate of drug-likeness (QED) is 0.420. The lowest BCUT2D eigenvalue weighted by atomic mass is 10.2. The second-order valence-corrected chi connectivity index (χ2v) is 4.36. The number of hydrogen-bond acceptors (Lipinski definition) is 2. The van der Waals surface area contributed by atoms with Gasteiger partial charge in [-0.1, -0.05) is 94.2 Å². The van der Waals surface area contributed by atoms with Crippen molar-refractivity contribution in [1.29, 1.82) is 0 Å². The summed E-state index contributed by atoms with van der Waals surface area (Å²) in [6, 6.07) is 8.50. The summed E-state index contributed by atoms with van der Waals surface area (Å²) in [5.41, 5.74) is 2.65. The molecule has 1 aromatic rings. The van der Waals surface area contributed by atoms with E-state index in [1.165, 1.54) is 18.2 Å². The smallest absolute Gasteiger partial charge is 0.305 e. The van der Waals surface area contributed by atoms with Crippen molar-refractivity contribution in [2.75, 3.05) is 7.11 Å². The van der Waals surface area contributed by atoms with E-state index in [-0.39, 0.29) is 13.4 Å². The maximum atomic E-state index is 10.3. The number of carbonyl (C=O) groups excluding carboxylic acids is 1. The number of hydrogen-bond donors (Lipinski definition) is 0. The van der Waals surface area contributed by atoms with Gasteiger partial charge in [-0.25, -0.2) is 0 Å². The molecule has 0 saturated heterocycles. The van der Waals surface area contributed by atoms with Gasteiger partial charge in [0.05, 0.1) is 7.11 Å². The summed E-state index contributed by atoms with van der Waals surface area (Å²) in [6.07, 6.45) is 2.55. The Morgan fingerprint density at radius 3 is 1.86 bits per heavy atom. The number of carbonyl (C=O) groups is 1. The number of esters is 1. The average molecular weight is 377 g/mol. The van der Waals surface area contributed by atoms with E-state index in [0.717, 1.165) is 18.2 Å². The highest BCUT2D eigenvalue weighted by Crippen LogP contribution is 2.06. The van der Waals surface area contributed by atoms with Crippen LogP contribution in [0.25, 0.3) is 0 Å². The van der Waals surface area contributed by atoms with Crippen LogP contribution in [0.1, 0.15) is 72.4 Å². The Kier molecular flexibility index (Phi) is 33.4. The normalized spacial score (nSPS) is 7.64. The first kappa shape index (κ1) is 29.2. The zero-order valence-electron chi connectivity index (χ0n) is 14.8. The largest absolute Gasteiger partial charge is 0.469 e. The number of methoxy groups -OCH3 is 1. The zero-order chi connectivity index (χ0) is 17.1. The molecule has 0 bridgehead atoms. The molecule has 0 amide bonds. The molecule has 0 fully saturated rings. The molecule has 22 heavy (non-hydrogen) atoms. The van der Waals surface area contributed by atoms with Crippen LogP contribution in [-0.2, 0) is 14.9 Å². The van der Waals surface area contributed by atoms with E-state index < -0.39 is 0 Å². The van der Waals surface area contributed by atoms with Crippen molar-refractivity contribution in [2.24, 2.45) is 0 Å². The summed E-state index contributed by atoms with van der Waals surface area (Å²) in [7, 11) is 1.41. The number of rotatable bonds is 4. The first-order valence-electron chi connectivity index (χ1n) is 7.82. The van der Waals surface area contributed by atoms with Crippen LogP contribution in [0.4, 0.5) is 0 Å². The Morgan fingerprint density at radius 1 is 1.09 bits per heavy atom. The molecule has 0 aliphatic carbocycles. The molecular weight excluding hydrogens is 340 g/mol. The molecule has 2 nitrogen and oxygen atoms in total. The first-order chi connectivity index (χ1) is 10.1. The number of ether oxygens (including phenoxy) is 1. The van der Waals surface area contributed by atoms with Gasteiger partial charge in [0.2, 0.25) is 0 Å². The summed E-state index contributed by atoms with van der Waals surface area (Å²) < 4.78 is 4.41. The molecule has 0 N–H and O–H groups in total. The maximum Gasteiger partial charge on any atom is 0.305 e. The van der Waals surface area contributed by atoms with Gasteiger partial charge in [-0.05, 0) is 18.9 Å². The van der Waals surface area contributed by atoms with E-state index in [2.05, 4.69) is 51.9 Å². The van der Waals surface area contributed by atoms with Crippen molar-refractivity contribution in [3.63, 3.8) is 0 Å². The van der Waals surface area contributed by atoms with Gasteiger partial charge in [-0.3, -0.25) is 4.79 Å². The van der Waals surface area contributed by atoms with Crippen LogP contribution in [0.15, 0.2) is 24.3 Å². The predicted molar refractivity (Wildman–Crippen MR) is 105 cm³/mol. The molecule has 3 heteroatoms. The predicted octanol–water partition coefficient (Wildman–Crippen LogP) is 6.93. The van der Waals surface area contributed by atoms with Crippen LogP contribution in [0.5, 0.6) is 0 Å². The molecule has 0 saturated carbocycles. The van der Waals surface area contributed by atoms with Crippen molar-refractivity contribution in [3.8, 4) is 0 Å². The van der Waals surface area contributed by atoms with Crippen molar-refractivity contribution >= 4 is 21.9 Å². The number of unbranched alkanes of at least 4 members (excludes halogenated alkanes) is 1. The maximum absolute atomic E-state index is 10.3. The molecule has 0 aliphatic heterocycles. The van der Waals surface area contributed by atoms with E-state index in [4.69, 9.17) is 0 Å². The Bertz CT molecular complexity index is 308. The van der Waals surface area contributed by atoms with Crippen molar-refractivity contribution < 1.29 is 9.53 Å². The Labute approximate surface area is 147 Å². The lowest BCUT2D eigenvalue weighted by Gasteiger charge is -1.93. The van der Waals surface area contributed by atoms with Crippen molar-refractivity contribution in [3.05, 3.63) is 35.4 Å². The first-order valence-corrected chi connectivity index (χ1v) is 8.94. The van der Waals surface area contributed by atoms with Crippen LogP contribution in [-0.4, -0.2) is 13.1 Å². The monoisotopic (exact) mass is 376 g/mol. The topological polar surface area (TPSA) is 26.3 Å². The molecule has 0 radical (unpaired) electrons. The Balaban J connectivity index is -0.000000116. The van der Waals surface area contributed by atoms with Gasteiger partial charge in [-0.2, -0.15) is 0 Å². The second kappa shape index (κ2) is 25.1. The van der Waals surface area contributed by atoms with Gasteiger partial charge in [0, 0.05) is 11.8 Å². The molecule has 0 unspecified atom stereocenters. The molecule has 0 aromatic heterocycles. The minimum Gasteiger partial charge on any atom is -0.469 e. The van der Waals surface area contributed by atoms with Crippen molar-refractivity contribution in [2.45, 2.75) is 73.6 Å². The van der Waals surface area contributed by atoms with E-state index in [0.29, 0.717) is 6.42 Å². The number of halogens is 1.